The Morgan fingerprint density at radius 1 is 1.31 bits per heavy atom. The van der Waals surface area contributed by atoms with E-state index in [1.165, 1.54) is 0 Å². The summed E-state index contributed by atoms with van der Waals surface area (Å²) in [6.07, 6.45) is 0.930. The van der Waals surface area contributed by atoms with Gasteiger partial charge in [-0.05, 0) is 20.5 Å². The standard InChI is InChI=1S/C9H20N2O2/c1-4-5-11(6-7-12)9(13)8-10(2)3/h12H,4-8H2,1-3H3. The summed E-state index contributed by atoms with van der Waals surface area (Å²) >= 11 is 0. The van der Waals surface area contributed by atoms with Crippen molar-refractivity contribution in [2.24, 2.45) is 0 Å². The summed E-state index contributed by atoms with van der Waals surface area (Å²) in [7, 11) is 3.72. The molecule has 0 spiro atoms. The van der Waals surface area contributed by atoms with Crippen LogP contribution in [0.3, 0.4) is 0 Å². The monoisotopic (exact) mass is 188 g/mol. The van der Waals surface area contributed by atoms with Gasteiger partial charge >= 0.3 is 0 Å². The number of hydrogen-bond acceptors (Lipinski definition) is 3. The second kappa shape index (κ2) is 6.86. The van der Waals surface area contributed by atoms with Gasteiger partial charge in [-0.25, -0.2) is 0 Å². The first-order valence-corrected chi connectivity index (χ1v) is 4.65. The topological polar surface area (TPSA) is 43.8 Å². The lowest BCUT2D eigenvalue weighted by Gasteiger charge is -2.22. The Balaban J connectivity index is 3.95. The van der Waals surface area contributed by atoms with E-state index in [-0.39, 0.29) is 12.5 Å². The summed E-state index contributed by atoms with van der Waals surface area (Å²) in [6, 6.07) is 0. The van der Waals surface area contributed by atoms with Crippen LogP contribution in [0.1, 0.15) is 13.3 Å². The lowest BCUT2D eigenvalue weighted by Crippen LogP contribution is -2.39. The number of rotatable bonds is 6. The minimum atomic E-state index is 0.0408. The molecule has 0 heterocycles. The molecule has 0 aliphatic heterocycles. The highest BCUT2D eigenvalue weighted by atomic mass is 16.3. The van der Waals surface area contributed by atoms with Gasteiger partial charge in [0.1, 0.15) is 0 Å². The highest BCUT2D eigenvalue weighted by Gasteiger charge is 2.11. The van der Waals surface area contributed by atoms with Crippen LogP contribution in [0.5, 0.6) is 0 Å². The second-order valence-corrected chi connectivity index (χ2v) is 3.34. The molecule has 0 aromatic carbocycles. The third-order valence-corrected chi connectivity index (χ3v) is 1.67. The highest BCUT2D eigenvalue weighted by molar-refractivity contribution is 5.78. The molecule has 0 saturated heterocycles. The van der Waals surface area contributed by atoms with Gasteiger partial charge in [0.05, 0.1) is 13.2 Å². The molecule has 0 fully saturated rings. The van der Waals surface area contributed by atoms with E-state index in [0.717, 1.165) is 13.0 Å². The molecule has 0 bridgehead atoms. The fourth-order valence-electron chi connectivity index (χ4n) is 1.12. The zero-order valence-electron chi connectivity index (χ0n) is 8.79. The van der Waals surface area contributed by atoms with Crippen molar-refractivity contribution < 1.29 is 9.90 Å². The minimum absolute atomic E-state index is 0.0408. The van der Waals surface area contributed by atoms with Crippen molar-refractivity contribution >= 4 is 5.91 Å². The first-order chi connectivity index (χ1) is 6.11. The first-order valence-electron chi connectivity index (χ1n) is 4.65. The Morgan fingerprint density at radius 3 is 2.31 bits per heavy atom. The molecule has 4 nitrogen and oxygen atoms in total. The maximum absolute atomic E-state index is 11.5. The number of hydrogen-bond donors (Lipinski definition) is 1. The van der Waals surface area contributed by atoms with Gasteiger partial charge in [-0.2, -0.15) is 0 Å². The summed E-state index contributed by atoms with van der Waals surface area (Å²) in [5.74, 6) is 0.0842. The lowest BCUT2D eigenvalue weighted by molar-refractivity contribution is -0.132. The number of aliphatic hydroxyl groups excluding tert-OH is 1. The summed E-state index contributed by atoms with van der Waals surface area (Å²) in [5.41, 5.74) is 0. The number of nitrogens with zero attached hydrogens (tertiary/aromatic N) is 2. The SMILES string of the molecule is CCCN(CCO)C(=O)CN(C)C. The summed E-state index contributed by atoms with van der Waals surface area (Å²) in [5, 5.41) is 8.74. The van der Waals surface area contributed by atoms with E-state index in [2.05, 4.69) is 0 Å². The number of carbonyl (C=O) groups is 1. The van der Waals surface area contributed by atoms with Crippen molar-refractivity contribution in [1.82, 2.24) is 9.80 Å². The number of carbonyl (C=O) groups excluding carboxylic acids is 1. The van der Waals surface area contributed by atoms with Crippen LogP contribution in [0.4, 0.5) is 0 Å². The predicted octanol–water partition coefficient (Wildman–Crippen LogP) is -0.221. The summed E-state index contributed by atoms with van der Waals surface area (Å²) in [4.78, 5) is 15.0. The molecule has 13 heavy (non-hydrogen) atoms. The normalized spacial score (nSPS) is 10.5. The van der Waals surface area contributed by atoms with Gasteiger partial charge in [-0.3, -0.25) is 4.79 Å². The minimum Gasteiger partial charge on any atom is -0.395 e. The van der Waals surface area contributed by atoms with E-state index in [1.807, 2.05) is 25.9 Å². The van der Waals surface area contributed by atoms with Crippen LogP contribution in [0.2, 0.25) is 0 Å². The molecule has 0 aromatic heterocycles. The highest BCUT2D eigenvalue weighted by Crippen LogP contribution is 1.93. The Bertz CT molecular complexity index is 143. The molecule has 0 rings (SSSR count). The fraction of sp³-hybridized carbons (Fsp3) is 0.889. The van der Waals surface area contributed by atoms with Crippen LogP contribution in [0.25, 0.3) is 0 Å². The quantitative estimate of drug-likeness (QED) is 0.626. The fourth-order valence-corrected chi connectivity index (χ4v) is 1.12. The van der Waals surface area contributed by atoms with Crippen LogP contribution in [-0.4, -0.2) is 61.2 Å². The predicted molar refractivity (Wildman–Crippen MR) is 52.5 cm³/mol. The lowest BCUT2D eigenvalue weighted by atomic mass is 10.3. The van der Waals surface area contributed by atoms with Crippen LogP contribution >= 0.6 is 0 Å². The molecule has 4 heteroatoms. The van der Waals surface area contributed by atoms with Gasteiger partial charge in [0.25, 0.3) is 0 Å². The third-order valence-electron chi connectivity index (χ3n) is 1.67. The van der Waals surface area contributed by atoms with Crippen molar-refractivity contribution in [3.8, 4) is 0 Å². The van der Waals surface area contributed by atoms with Crippen LogP contribution in [-0.2, 0) is 4.79 Å². The second-order valence-electron chi connectivity index (χ2n) is 3.34. The van der Waals surface area contributed by atoms with Gasteiger partial charge in [-0.15, -0.1) is 0 Å². The molecule has 0 atom stereocenters. The molecule has 0 aliphatic rings. The molecule has 78 valence electrons. The Morgan fingerprint density at radius 2 is 1.92 bits per heavy atom. The Kier molecular flexibility index (Phi) is 6.54. The van der Waals surface area contributed by atoms with Crippen molar-refractivity contribution in [1.29, 1.82) is 0 Å². The summed E-state index contributed by atoms with van der Waals surface area (Å²) < 4.78 is 0. The van der Waals surface area contributed by atoms with E-state index < -0.39 is 0 Å². The van der Waals surface area contributed by atoms with Crippen LogP contribution < -0.4 is 0 Å². The van der Waals surface area contributed by atoms with Gasteiger partial charge in [0.2, 0.25) is 5.91 Å². The van der Waals surface area contributed by atoms with Crippen molar-refractivity contribution in [3.63, 3.8) is 0 Å². The Hall–Kier alpha value is -0.610. The van der Waals surface area contributed by atoms with E-state index in [1.54, 1.807) is 4.90 Å². The molecule has 0 saturated carbocycles. The molecular weight excluding hydrogens is 168 g/mol. The van der Waals surface area contributed by atoms with E-state index in [4.69, 9.17) is 5.11 Å². The molecule has 1 amide bonds. The maximum Gasteiger partial charge on any atom is 0.236 e. The average molecular weight is 188 g/mol. The van der Waals surface area contributed by atoms with Crippen molar-refractivity contribution in [2.45, 2.75) is 13.3 Å². The van der Waals surface area contributed by atoms with E-state index >= 15 is 0 Å². The smallest absolute Gasteiger partial charge is 0.236 e. The molecule has 0 radical (unpaired) electrons. The van der Waals surface area contributed by atoms with Gasteiger partial charge in [0, 0.05) is 13.1 Å². The molecular formula is C9H20N2O2. The van der Waals surface area contributed by atoms with E-state index in [9.17, 15) is 4.79 Å². The summed E-state index contributed by atoms with van der Waals surface area (Å²) in [6.45, 7) is 3.65. The third kappa shape index (κ3) is 5.60. The zero-order chi connectivity index (χ0) is 10.3. The van der Waals surface area contributed by atoms with Gasteiger partial charge in [0.15, 0.2) is 0 Å². The van der Waals surface area contributed by atoms with E-state index in [0.29, 0.717) is 13.1 Å². The molecule has 0 unspecified atom stereocenters. The first kappa shape index (κ1) is 12.4. The molecule has 0 aromatic rings. The largest absolute Gasteiger partial charge is 0.395 e. The van der Waals surface area contributed by atoms with Crippen LogP contribution in [0.15, 0.2) is 0 Å². The number of aliphatic hydroxyl groups is 1. The zero-order valence-corrected chi connectivity index (χ0v) is 8.79. The van der Waals surface area contributed by atoms with Crippen LogP contribution in [0, 0.1) is 0 Å². The van der Waals surface area contributed by atoms with Crippen molar-refractivity contribution in [2.75, 3.05) is 40.3 Å². The van der Waals surface area contributed by atoms with Crippen molar-refractivity contribution in [3.05, 3.63) is 0 Å². The maximum atomic E-state index is 11.5. The van der Waals surface area contributed by atoms with Gasteiger partial charge in [-0.1, -0.05) is 6.92 Å². The Labute approximate surface area is 80.1 Å². The molecule has 1 N–H and O–H groups in total. The molecule has 0 aliphatic carbocycles. The number of amides is 1. The average Bonchev–Trinajstić information content (AvgIpc) is 2.02. The number of likely N-dealkylation sites (N-methyl/N-ethyl adjacent to an activating group) is 1. The van der Waals surface area contributed by atoms with Gasteiger partial charge < -0.3 is 14.9 Å².